The van der Waals surface area contributed by atoms with Crippen molar-refractivity contribution in [2.75, 3.05) is 26.4 Å². The Balaban J connectivity index is 1.57. The number of benzene rings is 4. The number of halogens is 2. The normalized spacial score (nSPS) is 15.0. The van der Waals surface area contributed by atoms with Gasteiger partial charge in [-0.1, -0.05) is 193 Å². The van der Waals surface area contributed by atoms with Crippen LogP contribution in [0.1, 0.15) is 22.3 Å². The van der Waals surface area contributed by atoms with Crippen LogP contribution in [-0.2, 0) is 27.2 Å². The molecule has 10 heteroatoms. The van der Waals surface area contributed by atoms with Crippen LogP contribution in [0.25, 0.3) is 24.3 Å². The van der Waals surface area contributed by atoms with Crippen molar-refractivity contribution >= 4 is 62.7 Å². The van der Waals surface area contributed by atoms with Crippen LogP contribution in [0, 0.1) is 0 Å². The van der Waals surface area contributed by atoms with E-state index in [2.05, 4.69) is 0 Å². The summed E-state index contributed by atoms with van der Waals surface area (Å²) in [6.07, 6.45) is 13.6. The molecule has 0 saturated heterocycles. The maximum Gasteiger partial charge on any atom is 0.379 e. The Morgan fingerprint density at radius 2 is 0.638 bits per heavy atom. The quantitative estimate of drug-likeness (QED) is 0.0757. The molecule has 4 aromatic carbocycles. The van der Waals surface area contributed by atoms with E-state index in [1.54, 1.807) is 48.6 Å². The van der Waals surface area contributed by atoms with Gasteiger partial charge in [0.2, 0.25) is 0 Å². The van der Waals surface area contributed by atoms with E-state index < -0.39 is 19.0 Å². The highest BCUT2D eigenvalue weighted by atomic mass is 35.5. The summed E-state index contributed by atoms with van der Waals surface area (Å²) in [5, 5.41) is 0. The second-order valence-electron chi connectivity index (χ2n) is 9.94. The summed E-state index contributed by atoms with van der Waals surface area (Å²) in [5.41, 5.74) is 3.59. The zero-order valence-corrected chi connectivity index (χ0v) is 28.9. The van der Waals surface area contributed by atoms with Crippen molar-refractivity contribution in [1.29, 1.82) is 0 Å². The van der Waals surface area contributed by atoms with Gasteiger partial charge in [-0.3, -0.25) is 9.13 Å². The first-order valence-corrected chi connectivity index (χ1v) is 18.7. The highest BCUT2D eigenvalue weighted by Crippen LogP contribution is 2.81. The Kier molecular flexibility index (Phi) is 14.7. The molecule has 0 aliphatic carbocycles. The van der Waals surface area contributed by atoms with E-state index in [-0.39, 0.29) is 26.4 Å². The third kappa shape index (κ3) is 11.4. The number of hydrogen-bond acceptors (Lipinski definition) is 6. The minimum Gasteiger partial charge on any atom is -0.302 e. The Bertz CT molecular complexity index is 1470. The fourth-order valence-electron chi connectivity index (χ4n) is 4.09. The zero-order valence-electron chi connectivity index (χ0n) is 25.6. The van der Waals surface area contributed by atoms with Crippen LogP contribution >= 0.6 is 38.4 Å². The van der Waals surface area contributed by atoms with E-state index in [9.17, 15) is 9.13 Å². The van der Waals surface area contributed by atoms with Crippen molar-refractivity contribution in [2.45, 2.75) is 3.82 Å². The molecular formula is C37H36Cl2O6P2. The fraction of sp³-hybridized carbons (Fsp3) is 0.135. The summed E-state index contributed by atoms with van der Waals surface area (Å²) < 4.78 is 49.2. The van der Waals surface area contributed by atoms with E-state index in [1.165, 1.54) is 0 Å². The maximum atomic E-state index is 14.5. The molecule has 244 valence electrons. The van der Waals surface area contributed by atoms with Crippen molar-refractivity contribution in [1.82, 2.24) is 0 Å². The van der Waals surface area contributed by atoms with Gasteiger partial charge in [-0.2, -0.15) is 0 Å². The summed E-state index contributed by atoms with van der Waals surface area (Å²) in [6.45, 7) is -0.843. The van der Waals surface area contributed by atoms with E-state index in [1.807, 2.05) is 121 Å². The largest absolute Gasteiger partial charge is 0.379 e. The lowest BCUT2D eigenvalue weighted by Gasteiger charge is -2.33. The number of rotatable bonds is 18. The summed E-state index contributed by atoms with van der Waals surface area (Å²) in [4.78, 5) is 0. The molecule has 0 aliphatic rings. The second kappa shape index (κ2) is 18.9. The number of alkyl halides is 2. The smallest absolute Gasteiger partial charge is 0.302 e. The Morgan fingerprint density at radius 3 is 0.851 bits per heavy atom. The van der Waals surface area contributed by atoms with Crippen molar-refractivity contribution in [3.8, 4) is 0 Å². The molecule has 0 heterocycles. The van der Waals surface area contributed by atoms with Crippen LogP contribution in [-0.4, -0.2) is 30.2 Å². The maximum absolute atomic E-state index is 14.5. The molecule has 0 bridgehead atoms. The van der Waals surface area contributed by atoms with Crippen molar-refractivity contribution in [3.05, 3.63) is 168 Å². The lowest BCUT2D eigenvalue weighted by atomic mass is 10.2. The van der Waals surface area contributed by atoms with Crippen molar-refractivity contribution in [2.24, 2.45) is 0 Å². The van der Waals surface area contributed by atoms with Gasteiger partial charge in [0.25, 0.3) is 0 Å². The van der Waals surface area contributed by atoms with Gasteiger partial charge in [0.05, 0.1) is 26.4 Å². The molecule has 4 rings (SSSR count). The summed E-state index contributed by atoms with van der Waals surface area (Å²) >= 11 is 13.6. The average Bonchev–Trinajstić information content (AvgIpc) is 3.11. The van der Waals surface area contributed by atoms with E-state index in [0.29, 0.717) is 0 Å². The lowest BCUT2D eigenvalue weighted by Crippen LogP contribution is -2.22. The first-order valence-electron chi connectivity index (χ1n) is 14.8. The molecule has 4 aromatic rings. The predicted octanol–water partition coefficient (Wildman–Crippen LogP) is 11.4. The van der Waals surface area contributed by atoms with E-state index >= 15 is 0 Å². The third-order valence-electron chi connectivity index (χ3n) is 6.46. The van der Waals surface area contributed by atoms with Crippen LogP contribution < -0.4 is 0 Å². The molecule has 0 fully saturated rings. The Morgan fingerprint density at radius 1 is 0.426 bits per heavy atom. The highest BCUT2D eigenvalue weighted by Gasteiger charge is 2.64. The summed E-state index contributed by atoms with van der Waals surface area (Å²) in [6, 6.07) is 37.9. The van der Waals surface area contributed by atoms with Crippen LogP contribution in [0.3, 0.4) is 0 Å². The molecule has 0 radical (unpaired) electrons. The molecule has 0 spiro atoms. The van der Waals surface area contributed by atoms with Gasteiger partial charge >= 0.3 is 19.0 Å². The molecule has 47 heavy (non-hydrogen) atoms. The van der Waals surface area contributed by atoms with E-state index in [0.717, 1.165) is 22.3 Å². The lowest BCUT2D eigenvalue weighted by molar-refractivity contribution is 0.215. The van der Waals surface area contributed by atoms with Crippen LogP contribution in [0.5, 0.6) is 0 Å². The molecule has 6 nitrogen and oxygen atoms in total. The molecule has 0 unspecified atom stereocenters. The molecule has 0 aromatic heterocycles. The first kappa shape index (κ1) is 36.6. The minimum atomic E-state index is -4.63. The monoisotopic (exact) mass is 708 g/mol. The van der Waals surface area contributed by atoms with Crippen molar-refractivity contribution < 1.29 is 27.2 Å². The van der Waals surface area contributed by atoms with Gasteiger partial charge in [0.15, 0.2) is 0 Å². The topological polar surface area (TPSA) is 71.1 Å². The van der Waals surface area contributed by atoms with E-state index in [4.69, 9.17) is 41.3 Å². The molecule has 0 N–H and O–H groups in total. The third-order valence-corrected chi connectivity index (χ3v) is 13.7. The molecular weight excluding hydrogens is 673 g/mol. The van der Waals surface area contributed by atoms with Crippen LogP contribution in [0.2, 0.25) is 0 Å². The van der Waals surface area contributed by atoms with Crippen LogP contribution in [0.15, 0.2) is 146 Å². The highest BCUT2D eigenvalue weighted by molar-refractivity contribution is 7.80. The number of hydrogen-bond donors (Lipinski definition) is 0. The van der Waals surface area contributed by atoms with Crippen LogP contribution in [0.4, 0.5) is 0 Å². The fourth-order valence-corrected chi connectivity index (χ4v) is 9.06. The predicted molar refractivity (Wildman–Crippen MR) is 195 cm³/mol. The molecule has 0 aliphatic heterocycles. The minimum absolute atomic E-state index is 0.211. The Hall–Kier alpha value is -3.28. The summed E-state index contributed by atoms with van der Waals surface area (Å²) in [7, 11) is -9.27. The van der Waals surface area contributed by atoms with Crippen molar-refractivity contribution in [3.63, 3.8) is 0 Å². The standard InChI is InChI=1S/C37H36Cl2O6P2/c38-37(39,46(40,42-29-13-25-33-17-5-1-6-18-33)43-30-14-26-34-19-7-2-8-20-34)47(41,44-31-15-27-35-21-9-3-10-22-35)45-32-16-28-36-23-11-4-12-24-36/h1-28H,29-32H2. The van der Waals surface area contributed by atoms with Gasteiger partial charge < -0.3 is 18.1 Å². The molecule has 0 saturated carbocycles. The van der Waals surface area contributed by atoms with Gasteiger partial charge in [-0.25, -0.2) is 0 Å². The van der Waals surface area contributed by atoms with Gasteiger partial charge in [0.1, 0.15) is 0 Å². The van der Waals surface area contributed by atoms with Gasteiger partial charge in [0, 0.05) is 0 Å². The first-order chi connectivity index (χ1) is 22.8. The molecule has 0 atom stereocenters. The molecule has 0 amide bonds. The Labute approximate surface area is 287 Å². The zero-order chi connectivity index (χ0) is 33.3. The SMILES string of the molecule is O=P(OCC=Cc1ccccc1)(OCC=Cc1ccccc1)C(Cl)(Cl)P(=O)(OCC=Cc1ccccc1)OCC=Cc1ccccc1. The second-order valence-corrected chi connectivity index (χ2v) is 17.0. The average molecular weight is 710 g/mol. The summed E-state index contributed by atoms with van der Waals surface area (Å²) in [5.74, 6) is 0. The van der Waals surface area contributed by atoms with Gasteiger partial charge in [-0.05, 0) is 22.3 Å². The van der Waals surface area contributed by atoms with Gasteiger partial charge in [-0.15, -0.1) is 0 Å².